The van der Waals surface area contributed by atoms with Gasteiger partial charge in [-0.3, -0.25) is 4.79 Å². The summed E-state index contributed by atoms with van der Waals surface area (Å²) in [4.78, 5) is 28.8. The number of ketones is 1. The Labute approximate surface area is 192 Å². The van der Waals surface area contributed by atoms with Gasteiger partial charge in [-0.1, -0.05) is 18.2 Å². The van der Waals surface area contributed by atoms with E-state index < -0.39 is 23.3 Å². The minimum atomic E-state index is -4.48. The number of nitrogens with zero attached hydrogens (tertiary/aromatic N) is 1. The zero-order valence-corrected chi connectivity index (χ0v) is 19.0. The predicted octanol–water partition coefficient (Wildman–Crippen LogP) is 6.19. The van der Waals surface area contributed by atoms with Crippen molar-refractivity contribution < 1.29 is 32.6 Å². The molecule has 174 valence electrons. The van der Waals surface area contributed by atoms with Crippen molar-refractivity contribution in [3.8, 4) is 16.3 Å². The molecule has 0 amide bonds. The second-order valence-electron chi connectivity index (χ2n) is 7.94. The van der Waals surface area contributed by atoms with Gasteiger partial charge >= 0.3 is 12.1 Å². The molecule has 5 nitrogen and oxygen atoms in total. The Hall–Kier alpha value is -3.20. The molecule has 9 heteroatoms. The fourth-order valence-electron chi connectivity index (χ4n) is 3.11. The van der Waals surface area contributed by atoms with Crippen molar-refractivity contribution in [3.05, 3.63) is 70.2 Å². The molecule has 1 heterocycles. The minimum Gasteiger partial charge on any atom is -0.478 e. The van der Waals surface area contributed by atoms with Gasteiger partial charge in [-0.15, -0.1) is 11.3 Å². The molecule has 1 N–H and O–H groups in total. The number of ether oxygens (including phenoxy) is 1. The van der Waals surface area contributed by atoms with Gasteiger partial charge in [-0.05, 0) is 57.5 Å². The number of alkyl halides is 3. The average molecular weight is 478 g/mol. The van der Waals surface area contributed by atoms with Crippen LogP contribution in [0.15, 0.2) is 48.5 Å². The van der Waals surface area contributed by atoms with E-state index >= 15 is 0 Å². The van der Waals surface area contributed by atoms with Crippen LogP contribution in [0.1, 0.15) is 46.8 Å². The van der Waals surface area contributed by atoms with Crippen LogP contribution in [0.4, 0.5) is 13.2 Å². The molecule has 0 aliphatic heterocycles. The Morgan fingerprint density at radius 3 is 2.30 bits per heavy atom. The summed E-state index contributed by atoms with van der Waals surface area (Å²) in [6.07, 6.45) is -3.98. The fraction of sp³-hybridized carbons (Fsp3) is 0.292. The summed E-state index contributed by atoms with van der Waals surface area (Å²) in [5.74, 6) is -0.936. The predicted molar refractivity (Wildman–Crippen MR) is 119 cm³/mol. The summed E-state index contributed by atoms with van der Waals surface area (Å²) in [7, 11) is 0. The van der Waals surface area contributed by atoms with Crippen LogP contribution < -0.4 is 4.74 Å². The molecule has 1 aromatic heterocycles. The SMILES string of the molecule is Cc1nc(-c2ccccc2C(F)(F)F)sc1CCC(=O)c1ccc(OC(C)(C)C(=O)O)cc1. The lowest BCUT2D eigenvalue weighted by atomic mass is 10.1. The number of carboxylic acid groups (broad SMARTS) is 1. The second-order valence-corrected chi connectivity index (χ2v) is 9.02. The van der Waals surface area contributed by atoms with Crippen LogP contribution in [-0.4, -0.2) is 27.4 Å². The average Bonchev–Trinajstić information content (AvgIpc) is 3.12. The molecule has 0 saturated carbocycles. The van der Waals surface area contributed by atoms with Crippen molar-refractivity contribution in [2.24, 2.45) is 0 Å². The van der Waals surface area contributed by atoms with E-state index in [1.807, 2.05) is 0 Å². The molecule has 3 rings (SSSR count). The Morgan fingerprint density at radius 2 is 1.70 bits per heavy atom. The molecule has 2 aromatic carbocycles. The number of Topliss-reactive ketones (excluding diaryl/α,β-unsaturated/α-hetero) is 1. The van der Waals surface area contributed by atoms with Gasteiger partial charge in [-0.25, -0.2) is 9.78 Å². The highest BCUT2D eigenvalue weighted by Gasteiger charge is 2.34. The third kappa shape index (κ3) is 5.78. The van der Waals surface area contributed by atoms with E-state index in [1.54, 1.807) is 19.1 Å². The first-order valence-corrected chi connectivity index (χ1v) is 10.9. The molecular weight excluding hydrogens is 455 g/mol. The van der Waals surface area contributed by atoms with E-state index in [4.69, 9.17) is 9.84 Å². The summed E-state index contributed by atoms with van der Waals surface area (Å²) < 4.78 is 45.4. The molecule has 0 radical (unpaired) electrons. The van der Waals surface area contributed by atoms with Gasteiger partial charge in [0.05, 0.1) is 11.3 Å². The Bertz CT molecular complexity index is 1170. The number of aliphatic carboxylic acids is 1. The van der Waals surface area contributed by atoms with E-state index in [-0.39, 0.29) is 22.8 Å². The van der Waals surface area contributed by atoms with Gasteiger partial charge in [0.1, 0.15) is 10.8 Å². The molecule has 0 fully saturated rings. The molecule has 0 bridgehead atoms. The number of carbonyl (C=O) groups excluding carboxylic acids is 1. The minimum absolute atomic E-state index is 0.0237. The Morgan fingerprint density at radius 1 is 1.06 bits per heavy atom. The van der Waals surface area contributed by atoms with Crippen LogP contribution in [0.3, 0.4) is 0 Å². The number of carboxylic acids is 1. The quantitative estimate of drug-likeness (QED) is 0.391. The largest absolute Gasteiger partial charge is 0.478 e. The molecule has 0 spiro atoms. The molecular formula is C24H22F3NO4S. The van der Waals surface area contributed by atoms with Crippen LogP contribution in [0.25, 0.3) is 10.6 Å². The highest BCUT2D eigenvalue weighted by molar-refractivity contribution is 7.15. The van der Waals surface area contributed by atoms with Crippen LogP contribution in [0.5, 0.6) is 5.75 Å². The number of thiazole rings is 1. The maximum Gasteiger partial charge on any atom is 0.417 e. The summed E-state index contributed by atoms with van der Waals surface area (Å²) in [6, 6.07) is 11.5. The fourth-order valence-corrected chi connectivity index (χ4v) is 4.21. The number of hydrogen-bond donors (Lipinski definition) is 1. The van der Waals surface area contributed by atoms with Gasteiger partial charge in [-0.2, -0.15) is 13.2 Å². The molecule has 0 atom stereocenters. The molecule has 0 aliphatic carbocycles. The number of halogens is 3. The second kappa shape index (κ2) is 9.35. The monoisotopic (exact) mass is 477 g/mol. The molecule has 3 aromatic rings. The normalized spacial score (nSPS) is 11.9. The number of hydrogen-bond acceptors (Lipinski definition) is 5. The van der Waals surface area contributed by atoms with Gasteiger partial charge in [0.25, 0.3) is 0 Å². The Kier molecular flexibility index (Phi) is 6.92. The van der Waals surface area contributed by atoms with Crippen molar-refractivity contribution in [2.75, 3.05) is 0 Å². The first-order chi connectivity index (χ1) is 15.4. The molecule has 33 heavy (non-hydrogen) atoms. The molecule has 0 aliphatic rings. The van der Waals surface area contributed by atoms with Crippen LogP contribution >= 0.6 is 11.3 Å². The van der Waals surface area contributed by atoms with E-state index in [2.05, 4.69) is 4.98 Å². The van der Waals surface area contributed by atoms with Crippen molar-refractivity contribution in [1.29, 1.82) is 0 Å². The zero-order chi connectivity index (χ0) is 24.4. The summed E-state index contributed by atoms with van der Waals surface area (Å²) in [5.41, 5.74) is -1.09. The van der Waals surface area contributed by atoms with E-state index in [0.717, 1.165) is 22.3 Å². The first-order valence-electron chi connectivity index (χ1n) is 10.1. The van der Waals surface area contributed by atoms with Gasteiger partial charge in [0.15, 0.2) is 11.4 Å². The van der Waals surface area contributed by atoms with Gasteiger partial charge in [0.2, 0.25) is 0 Å². The van der Waals surface area contributed by atoms with Gasteiger partial charge in [0, 0.05) is 22.4 Å². The number of benzene rings is 2. The number of aryl methyl sites for hydroxylation is 2. The third-order valence-electron chi connectivity index (χ3n) is 5.00. The number of carbonyl (C=O) groups is 2. The topological polar surface area (TPSA) is 76.5 Å². The van der Waals surface area contributed by atoms with E-state index in [1.165, 1.54) is 44.2 Å². The molecule has 0 saturated heterocycles. The van der Waals surface area contributed by atoms with Crippen LogP contribution in [0.2, 0.25) is 0 Å². The van der Waals surface area contributed by atoms with Crippen molar-refractivity contribution in [1.82, 2.24) is 4.98 Å². The van der Waals surface area contributed by atoms with Crippen LogP contribution in [0, 0.1) is 6.92 Å². The summed E-state index contributed by atoms with van der Waals surface area (Å²) in [5, 5.41) is 9.41. The first kappa shape index (κ1) is 24.4. The lowest BCUT2D eigenvalue weighted by molar-refractivity contribution is -0.152. The number of aromatic nitrogens is 1. The third-order valence-corrected chi connectivity index (χ3v) is 6.25. The smallest absolute Gasteiger partial charge is 0.417 e. The maximum atomic E-state index is 13.3. The van der Waals surface area contributed by atoms with Crippen molar-refractivity contribution in [3.63, 3.8) is 0 Å². The lowest BCUT2D eigenvalue weighted by Gasteiger charge is -2.21. The molecule has 0 unspecified atom stereocenters. The number of rotatable bonds is 8. The Balaban J connectivity index is 1.70. The van der Waals surface area contributed by atoms with Crippen molar-refractivity contribution >= 4 is 23.1 Å². The zero-order valence-electron chi connectivity index (χ0n) is 18.2. The maximum absolute atomic E-state index is 13.3. The highest BCUT2D eigenvalue weighted by Crippen LogP contribution is 2.39. The highest BCUT2D eigenvalue weighted by atomic mass is 32.1. The van der Waals surface area contributed by atoms with Crippen molar-refractivity contribution in [2.45, 2.75) is 45.4 Å². The standard InChI is InChI=1S/C24H22F3NO4S/c1-14-20(33-21(28-14)17-6-4-5-7-18(17)24(25,26)27)13-12-19(29)15-8-10-16(11-9-15)32-23(2,3)22(30)31/h4-11H,12-13H2,1-3H3,(H,30,31). The lowest BCUT2D eigenvalue weighted by Crippen LogP contribution is -2.37. The summed E-state index contributed by atoms with van der Waals surface area (Å²) >= 11 is 1.15. The van der Waals surface area contributed by atoms with Gasteiger partial charge < -0.3 is 9.84 Å². The van der Waals surface area contributed by atoms with E-state index in [9.17, 15) is 22.8 Å². The van der Waals surface area contributed by atoms with Crippen LogP contribution in [-0.2, 0) is 17.4 Å². The van der Waals surface area contributed by atoms with E-state index in [0.29, 0.717) is 23.4 Å². The summed E-state index contributed by atoms with van der Waals surface area (Å²) in [6.45, 7) is 4.56.